The summed E-state index contributed by atoms with van der Waals surface area (Å²) in [5, 5.41) is 0. The zero-order chi connectivity index (χ0) is 48.6. The summed E-state index contributed by atoms with van der Waals surface area (Å²) >= 11 is 0. The van der Waals surface area contributed by atoms with Gasteiger partial charge in [0.1, 0.15) is 13.2 Å². The van der Waals surface area contributed by atoms with Crippen molar-refractivity contribution in [2.24, 2.45) is 0 Å². The number of allylic oxidation sites excluding steroid dienone is 18. The Morgan fingerprint density at radius 1 is 0.313 bits per heavy atom. The van der Waals surface area contributed by atoms with Crippen molar-refractivity contribution in [3.8, 4) is 0 Å². The summed E-state index contributed by atoms with van der Waals surface area (Å²) in [6, 6.07) is 0. The first-order chi connectivity index (χ1) is 33.0. The molecule has 6 nitrogen and oxygen atoms in total. The third kappa shape index (κ3) is 52.9. The van der Waals surface area contributed by atoms with Gasteiger partial charge in [0, 0.05) is 19.3 Å². The lowest BCUT2D eigenvalue weighted by Crippen LogP contribution is -2.30. The number of hydrogen-bond donors (Lipinski definition) is 0. The fourth-order valence-corrected chi connectivity index (χ4v) is 7.18. The molecule has 0 aliphatic heterocycles. The van der Waals surface area contributed by atoms with Crippen LogP contribution in [0.2, 0.25) is 0 Å². The highest BCUT2D eigenvalue weighted by Crippen LogP contribution is 2.15. The Labute approximate surface area is 412 Å². The monoisotopic (exact) mass is 929 g/mol. The molecule has 0 heterocycles. The van der Waals surface area contributed by atoms with Crippen LogP contribution in [0.3, 0.4) is 0 Å². The molecule has 0 aromatic carbocycles. The minimum Gasteiger partial charge on any atom is -0.462 e. The summed E-state index contributed by atoms with van der Waals surface area (Å²) in [5.74, 6) is -1.04. The Bertz CT molecular complexity index is 1390. The predicted octanol–water partition coefficient (Wildman–Crippen LogP) is 18.3. The van der Waals surface area contributed by atoms with Crippen LogP contribution in [0, 0.1) is 0 Å². The van der Waals surface area contributed by atoms with Crippen LogP contribution >= 0.6 is 0 Å². The standard InChI is InChI=1S/C61H100O6/c1-4-7-10-13-16-19-22-25-28-29-30-31-34-36-39-42-45-48-51-54-60(63)66-57-58(67-61(64)55-52-49-46-43-40-37-33-27-24-21-18-15-12-9-6-3)56-65-59(62)53-50-47-44-41-38-35-32-26-23-20-17-14-11-8-5-2/h7,10,16-17,19-20,25-26,28,30-32,36,38-39,41,45,48,58H,4-6,8-9,11-15,18,21-24,27,29,33-35,37,40,42-44,46-47,49-57H2,1-3H3/b10-7-,19-16-,20-17-,28-25-,31-30-,32-26-,39-36-,41-38-,48-45-/t58-/m0/s1. The van der Waals surface area contributed by atoms with Gasteiger partial charge in [0.2, 0.25) is 0 Å². The van der Waals surface area contributed by atoms with Crippen molar-refractivity contribution in [1.82, 2.24) is 0 Å². The summed E-state index contributed by atoms with van der Waals surface area (Å²) in [7, 11) is 0. The topological polar surface area (TPSA) is 78.9 Å². The molecule has 0 aromatic heterocycles. The number of ether oxygens (including phenoxy) is 3. The lowest BCUT2D eigenvalue weighted by molar-refractivity contribution is -0.166. The zero-order valence-electron chi connectivity index (χ0n) is 43.4. The van der Waals surface area contributed by atoms with Crippen molar-refractivity contribution < 1.29 is 28.6 Å². The van der Waals surface area contributed by atoms with Crippen molar-refractivity contribution in [3.05, 3.63) is 109 Å². The van der Waals surface area contributed by atoms with E-state index < -0.39 is 6.10 Å². The van der Waals surface area contributed by atoms with Gasteiger partial charge in [0.15, 0.2) is 6.10 Å². The Morgan fingerprint density at radius 2 is 0.612 bits per heavy atom. The Kier molecular flexibility index (Phi) is 51.5. The molecule has 0 aliphatic rings. The van der Waals surface area contributed by atoms with Crippen LogP contribution in [0.15, 0.2) is 109 Å². The van der Waals surface area contributed by atoms with Crippen molar-refractivity contribution >= 4 is 17.9 Å². The van der Waals surface area contributed by atoms with E-state index in [0.29, 0.717) is 19.3 Å². The fraction of sp³-hybridized carbons (Fsp3) is 0.656. The van der Waals surface area contributed by atoms with Crippen LogP contribution in [-0.4, -0.2) is 37.2 Å². The van der Waals surface area contributed by atoms with Gasteiger partial charge in [-0.05, 0) is 96.3 Å². The van der Waals surface area contributed by atoms with E-state index in [1.54, 1.807) is 0 Å². The van der Waals surface area contributed by atoms with Gasteiger partial charge in [0.25, 0.3) is 0 Å². The average Bonchev–Trinajstić information content (AvgIpc) is 3.33. The molecule has 67 heavy (non-hydrogen) atoms. The summed E-state index contributed by atoms with van der Waals surface area (Å²) in [6.45, 7) is 6.40. The van der Waals surface area contributed by atoms with E-state index in [9.17, 15) is 14.4 Å². The minimum atomic E-state index is -0.824. The maximum absolute atomic E-state index is 12.8. The Hall–Kier alpha value is -3.93. The van der Waals surface area contributed by atoms with Crippen molar-refractivity contribution in [1.29, 1.82) is 0 Å². The van der Waals surface area contributed by atoms with Crippen molar-refractivity contribution in [2.75, 3.05) is 13.2 Å². The lowest BCUT2D eigenvalue weighted by atomic mass is 10.0. The molecule has 6 heteroatoms. The minimum absolute atomic E-state index is 0.121. The molecule has 380 valence electrons. The summed E-state index contributed by atoms with van der Waals surface area (Å²) in [4.78, 5) is 38.0. The molecule has 0 aliphatic carbocycles. The molecule has 0 radical (unpaired) electrons. The van der Waals surface area contributed by atoms with Crippen molar-refractivity contribution in [2.45, 2.75) is 245 Å². The highest BCUT2D eigenvalue weighted by Gasteiger charge is 2.19. The van der Waals surface area contributed by atoms with E-state index in [1.807, 2.05) is 12.2 Å². The molecule has 0 rings (SSSR count). The quantitative estimate of drug-likeness (QED) is 0.0262. The first-order valence-electron chi connectivity index (χ1n) is 27.4. The van der Waals surface area contributed by atoms with Gasteiger partial charge in [-0.1, -0.05) is 233 Å². The van der Waals surface area contributed by atoms with E-state index in [2.05, 4.69) is 118 Å². The fourth-order valence-electron chi connectivity index (χ4n) is 7.18. The largest absolute Gasteiger partial charge is 0.462 e. The molecule has 0 unspecified atom stereocenters. The molecule has 0 fully saturated rings. The number of esters is 3. The van der Waals surface area contributed by atoms with Crippen LogP contribution in [0.1, 0.15) is 239 Å². The highest BCUT2D eigenvalue weighted by molar-refractivity contribution is 5.71. The van der Waals surface area contributed by atoms with E-state index in [-0.39, 0.29) is 37.5 Å². The molecule has 0 aromatic rings. The second-order valence-electron chi connectivity index (χ2n) is 17.8. The first kappa shape index (κ1) is 63.1. The van der Waals surface area contributed by atoms with Gasteiger partial charge in [-0.2, -0.15) is 0 Å². The normalized spacial score (nSPS) is 12.9. The number of carbonyl (C=O) groups excluding carboxylic acids is 3. The van der Waals surface area contributed by atoms with Gasteiger partial charge in [0.05, 0.1) is 0 Å². The predicted molar refractivity (Wildman–Crippen MR) is 288 cm³/mol. The Balaban J connectivity index is 4.56. The lowest BCUT2D eigenvalue weighted by Gasteiger charge is -2.18. The van der Waals surface area contributed by atoms with Crippen LogP contribution in [0.5, 0.6) is 0 Å². The second-order valence-corrected chi connectivity index (χ2v) is 17.8. The number of unbranched alkanes of at least 4 members (excludes halogenated alkanes) is 19. The molecule has 1 atom stereocenters. The van der Waals surface area contributed by atoms with E-state index >= 15 is 0 Å². The molecular weight excluding hydrogens is 829 g/mol. The summed E-state index contributed by atoms with van der Waals surface area (Å²) in [5.41, 5.74) is 0. The van der Waals surface area contributed by atoms with Gasteiger partial charge >= 0.3 is 17.9 Å². The smallest absolute Gasteiger partial charge is 0.306 e. The molecule has 0 saturated carbocycles. The molecule has 0 amide bonds. The maximum Gasteiger partial charge on any atom is 0.306 e. The SMILES string of the molecule is CC/C=C\C/C=C\C/C=C\C/C=C\C/C=C\C/C=C\CCC(=O)OC[C@H](COC(=O)CCCC/C=C\C/C=C\C/C=C\CCCCC)OC(=O)CCCCCCCCCCCCCCCCC. The third-order valence-corrected chi connectivity index (χ3v) is 11.3. The second kappa shape index (κ2) is 54.7. The molecular formula is C61H100O6. The number of carbonyl (C=O) groups is 3. The molecule has 0 saturated heterocycles. The van der Waals surface area contributed by atoms with Gasteiger partial charge in [-0.25, -0.2) is 0 Å². The number of rotatable bonds is 48. The first-order valence-corrected chi connectivity index (χ1v) is 27.4. The Morgan fingerprint density at radius 3 is 1.03 bits per heavy atom. The molecule has 0 N–H and O–H groups in total. The van der Waals surface area contributed by atoms with Crippen molar-refractivity contribution in [3.63, 3.8) is 0 Å². The van der Waals surface area contributed by atoms with Gasteiger partial charge in [-0.3, -0.25) is 14.4 Å². The van der Waals surface area contributed by atoms with Gasteiger partial charge < -0.3 is 14.2 Å². The average molecular weight is 929 g/mol. The molecule has 0 spiro atoms. The zero-order valence-corrected chi connectivity index (χ0v) is 43.4. The van der Waals surface area contributed by atoms with E-state index in [0.717, 1.165) is 89.9 Å². The molecule has 0 bridgehead atoms. The summed E-state index contributed by atoms with van der Waals surface area (Å²) in [6.07, 6.45) is 73.7. The third-order valence-electron chi connectivity index (χ3n) is 11.3. The van der Waals surface area contributed by atoms with Gasteiger partial charge in [-0.15, -0.1) is 0 Å². The number of hydrogen-bond acceptors (Lipinski definition) is 6. The van der Waals surface area contributed by atoms with Crippen LogP contribution in [0.25, 0.3) is 0 Å². The van der Waals surface area contributed by atoms with E-state index in [4.69, 9.17) is 14.2 Å². The summed E-state index contributed by atoms with van der Waals surface area (Å²) < 4.78 is 16.7. The van der Waals surface area contributed by atoms with Crippen LogP contribution in [-0.2, 0) is 28.6 Å². The highest BCUT2D eigenvalue weighted by atomic mass is 16.6. The van der Waals surface area contributed by atoms with E-state index in [1.165, 1.54) is 103 Å². The van der Waals surface area contributed by atoms with Crippen LogP contribution < -0.4 is 0 Å². The van der Waals surface area contributed by atoms with Crippen LogP contribution in [0.4, 0.5) is 0 Å². The maximum atomic E-state index is 12.8.